The fraction of sp³-hybridized carbons (Fsp3) is 0.350. The Morgan fingerprint density at radius 2 is 1.74 bits per heavy atom. The summed E-state index contributed by atoms with van der Waals surface area (Å²) in [6, 6.07) is 7.77. The number of aromatic amines is 1. The normalized spacial score (nSPS) is 10.4. The summed E-state index contributed by atoms with van der Waals surface area (Å²) in [6.07, 6.45) is 0. The number of H-pyrrole nitrogens is 1. The van der Waals surface area contributed by atoms with E-state index in [-0.39, 0.29) is 18.2 Å². The molecule has 0 fully saturated rings. The van der Waals surface area contributed by atoms with Crippen LogP contribution in [0.25, 0.3) is 0 Å². The van der Waals surface area contributed by atoms with Gasteiger partial charge in [-0.3, -0.25) is 4.79 Å². The van der Waals surface area contributed by atoms with Crippen LogP contribution in [-0.2, 0) is 20.8 Å². The van der Waals surface area contributed by atoms with Crippen molar-refractivity contribution >= 4 is 17.8 Å². The molecule has 7 heteroatoms. The molecule has 2 aromatic rings. The lowest BCUT2D eigenvalue weighted by atomic mass is 10.1. The van der Waals surface area contributed by atoms with Crippen LogP contribution in [0.2, 0.25) is 0 Å². The summed E-state index contributed by atoms with van der Waals surface area (Å²) in [5.41, 5.74) is 3.49. The van der Waals surface area contributed by atoms with Gasteiger partial charge in [0.05, 0.1) is 12.7 Å². The lowest BCUT2D eigenvalue weighted by molar-refractivity contribution is -0.133. The van der Waals surface area contributed by atoms with Crippen LogP contribution in [0, 0.1) is 20.8 Å². The molecule has 0 spiro atoms. The maximum Gasteiger partial charge on any atom is 0.355 e. The second-order valence-corrected chi connectivity index (χ2v) is 6.37. The molecule has 0 aliphatic heterocycles. The Morgan fingerprint density at radius 1 is 1.07 bits per heavy atom. The van der Waals surface area contributed by atoms with Gasteiger partial charge in [0.1, 0.15) is 5.69 Å². The number of benzene rings is 1. The van der Waals surface area contributed by atoms with E-state index in [0.717, 1.165) is 11.1 Å². The molecule has 27 heavy (non-hydrogen) atoms. The molecule has 0 saturated heterocycles. The van der Waals surface area contributed by atoms with E-state index in [4.69, 9.17) is 9.47 Å². The van der Waals surface area contributed by atoms with Crippen LogP contribution in [0.4, 0.5) is 0 Å². The van der Waals surface area contributed by atoms with E-state index >= 15 is 0 Å². The average Bonchev–Trinajstić information content (AvgIpc) is 2.95. The number of ether oxygens (including phenoxy) is 2. The van der Waals surface area contributed by atoms with Gasteiger partial charge in [-0.15, -0.1) is 0 Å². The highest BCUT2D eigenvalue weighted by molar-refractivity contribution is 5.99. The maximum atomic E-state index is 12.3. The summed E-state index contributed by atoms with van der Waals surface area (Å²) >= 11 is 0. The third kappa shape index (κ3) is 4.55. The number of esters is 2. The number of hydrogen-bond acceptors (Lipinski definition) is 5. The molecule has 1 aromatic heterocycles. The molecule has 1 N–H and O–H groups in total. The number of aryl methyl sites for hydroxylation is 2. The minimum absolute atomic E-state index is 0.141. The number of likely N-dealkylation sites (N-methyl/N-ethyl adjacent to an activating group) is 1. The van der Waals surface area contributed by atoms with E-state index in [1.807, 2.05) is 31.2 Å². The van der Waals surface area contributed by atoms with Crippen LogP contribution in [0.1, 0.15) is 43.2 Å². The number of hydrogen-bond donors (Lipinski definition) is 1. The van der Waals surface area contributed by atoms with E-state index in [2.05, 4.69) is 4.98 Å². The summed E-state index contributed by atoms with van der Waals surface area (Å²) in [7, 11) is 2.93. The highest BCUT2D eigenvalue weighted by Gasteiger charge is 2.24. The Bertz CT molecular complexity index is 869. The number of amides is 1. The summed E-state index contributed by atoms with van der Waals surface area (Å²) in [6.45, 7) is 5.31. The van der Waals surface area contributed by atoms with Crippen molar-refractivity contribution in [3.63, 3.8) is 0 Å². The second kappa shape index (κ2) is 8.53. The molecule has 0 aliphatic carbocycles. The van der Waals surface area contributed by atoms with Crippen molar-refractivity contribution in [2.45, 2.75) is 27.3 Å². The third-order valence-corrected chi connectivity index (χ3v) is 4.45. The van der Waals surface area contributed by atoms with Crippen molar-refractivity contribution < 1.29 is 23.9 Å². The van der Waals surface area contributed by atoms with Crippen LogP contribution in [0.5, 0.6) is 0 Å². The number of aromatic nitrogens is 1. The number of rotatable bonds is 6. The van der Waals surface area contributed by atoms with Crippen molar-refractivity contribution in [3.8, 4) is 0 Å². The zero-order valence-corrected chi connectivity index (χ0v) is 16.2. The van der Waals surface area contributed by atoms with E-state index in [9.17, 15) is 14.4 Å². The Balaban J connectivity index is 2.00. The summed E-state index contributed by atoms with van der Waals surface area (Å²) < 4.78 is 9.84. The first-order chi connectivity index (χ1) is 12.8. The highest BCUT2D eigenvalue weighted by Crippen LogP contribution is 2.19. The molecule has 1 amide bonds. The lowest BCUT2D eigenvalue weighted by Crippen LogP contribution is -2.31. The van der Waals surface area contributed by atoms with Gasteiger partial charge in [-0.2, -0.15) is 0 Å². The zero-order chi connectivity index (χ0) is 20.1. The molecule has 1 aromatic carbocycles. The number of carbonyl (C=O) groups excluding carboxylic acids is 3. The molecule has 0 saturated carbocycles. The van der Waals surface area contributed by atoms with Crippen LogP contribution in [-0.4, -0.2) is 48.5 Å². The van der Waals surface area contributed by atoms with E-state index in [1.54, 1.807) is 20.9 Å². The molecular formula is C20H24N2O5. The van der Waals surface area contributed by atoms with Crippen molar-refractivity contribution in [2.24, 2.45) is 0 Å². The van der Waals surface area contributed by atoms with Gasteiger partial charge in [0.25, 0.3) is 5.91 Å². The Kier molecular flexibility index (Phi) is 6.39. The standard InChI is InChI=1S/C20H24N2O5/c1-12-8-6-7-9-15(12)10-22(4)16(23)11-27-20(25)18-13(2)17(14(3)21-18)19(24)26-5/h6-9,21H,10-11H2,1-5H3. The Labute approximate surface area is 158 Å². The largest absolute Gasteiger partial charge is 0.465 e. The number of nitrogens with one attached hydrogen (secondary N) is 1. The van der Waals surface area contributed by atoms with Crippen molar-refractivity contribution in [3.05, 3.63) is 57.9 Å². The zero-order valence-electron chi connectivity index (χ0n) is 16.2. The van der Waals surface area contributed by atoms with Gasteiger partial charge in [-0.25, -0.2) is 9.59 Å². The van der Waals surface area contributed by atoms with Crippen LogP contribution in [0.15, 0.2) is 24.3 Å². The van der Waals surface area contributed by atoms with E-state index < -0.39 is 11.9 Å². The maximum absolute atomic E-state index is 12.3. The third-order valence-electron chi connectivity index (χ3n) is 4.45. The predicted octanol–water partition coefficient (Wildman–Crippen LogP) is 2.54. The van der Waals surface area contributed by atoms with Crippen LogP contribution >= 0.6 is 0 Å². The first kappa shape index (κ1) is 20.2. The minimum Gasteiger partial charge on any atom is -0.465 e. The summed E-state index contributed by atoms with van der Waals surface area (Å²) in [5.74, 6) is -1.54. The molecule has 0 bridgehead atoms. The fourth-order valence-corrected chi connectivity index (χ4v) is 2.80. The first-order valence-electron chi connectivity index (χ1n) is 8.49. The first-order valence-corrected chi connectivity index (χ1v) is 8.49. The number of methoxy groups -OCH3 is 1. The van der Waals surface area contributed by atoms with Gasteiger partial charge in [0.2, 0.25) is 0 Å². The van der Waals surface area contributed by atoms with Gasteiger partial charge < -0.3 is 19.4 Å². The SMILES string of the molecule is COC(=O)c1c(C)[nH]c(C(=O)OCC(=O)N(C)Cc2ccccc2C)c1C. The molecule has 0 aliphatic rings. The molecule has 144 valence electrons. The molecule has 2 rings (SSSR count). The van der Waals surface area contributed by atoms with Crippen molar-refractivity contribution in [1.29, 1.82) is 0 Å². The van der Waals surface area contributed by atoms with Gasteiger partial charge in [-0.1, -0.05) is 24.3 Å². The summed E-state index contributed by atoms with van der Waals surface area (Å²) in [4.78, 5) is 40.7. The molecule has 0 unspecified atom stereocenters. The number of nitrogens with zero attached hydrogens (tertiary/aromatic N) is 1. The highest BCUT2D eigenvalue weighted by atomic mass is 16.5. The fourth-order valence-electron chi connectivity index (χ4n) is 2.80. The lowest BCUT2D eigenvalue weighted by Gasteiger charge is -2.18. The van der Waals surface area contributed by atoms with Crippen molar-refractivity contribution in [2.75, 3.05) is 20.8 Å². The molecule has 0 radical (unpaired) electrons. The second-order valence-electron chi connectivity index (χ2n) is 6.37. The Hall–Kier alpha value is -3.09. The van der Waals surface area contributed by atoms with Gasteiger partial charge in [-0.05, 0) is 37.5 Å². The van der Waals surface area contributed by atoms with E-state index in [0.29, 0.717) is 23.4 Å². The number of carbonyl (C=O) groups is 3. The molecule has 7 nitrogen and oxygen atoms in total. The topological polar surface area (TPSA) is 88.7 Å². The minimum atomic E-state index is -0.691. The smallest absolute Gasteiger partial charge is 0.355 e. The molecular weight excluding hydrogens is 348 g/mol. The van der Waals surface area contributed by atoms with Crippen LogP contribution < -0.4 is 0 Å². The quantitative estimate of drug-likeness (QED) is 0.787. The van der Waals surface area contributed by atoms with E-state index in [1.165, 1.54) is 12.0 Å². The monoisotopic (exact) mass is 372 g/mol. The summed E-state index contributed by atoms with van der Waals surface area (Å²) in [5, 5.41) is 0. The molecule has 0 atom stereocenters. The Morgan fingerprint density at radius 3 is 2.37 bits per heavy atom. The average molecular weight is 372 g/mol. The predicted molar refractivity (Wildman–Crippen MR) is 99.5 cm³/mol. The van der Waals surface area contributed by atoms with Crippen LogP contribution in [0.3, 0.4) is 0 Å². The van der Waals surface area contributed by atoms with Gasteiger partial charge >= 0.3 is 11.9 Å². The van der Waals surface area contributed by atoms with Gasteiger partial charge in [0, 0.05) is 19.3 Å². The van der Waals surface area contributed by atoms with Crippen molar-refractivity contribution in [1.82, 2.24) is 9.88 Å². The molecule has 1 heterocycles. The van der Waals surface area contributed by atoms with Gasteiger partial charge in [0.15, 0.2) is 6.61 Å².